The Hall–Kier alpha value is -4.82. The highest BCUT2D eigenvalue weighted by Crippen LogP contribution is 2.35. The fourth-order valence-corrected chi connectivity index (χ4v) is 4.74. The zero-order valence-electron chi connectivity index (χ0n) is 20.7. The van der Waals surface area contributed by atoms with Crippen molar-refractivity contribution in [2.24, 2.45) is 0 Å². The van der Waals surface area contributed by atoms with E-state index in [-0.39, 0.29) is 0 Å². The Bertz CT molecular complexity index is 1680. The summed E-state index contributed by atoms with van der Waals surface area (Å²) in [5.41, 5.74) is 5.64. The SMILES string of the molecule is COc1ccc(N(c2ccccc2)c2ccc(C=Cc3ccc4cc5ccccc5cc4c3)cc2)cc1. The average Bonchev–Trinajstić information content (AvgIpc) is 2.96. The van der Waals surface area contributed by atoms with Gasteiger partial charge in [0.25, 0.3) is 0 Å². The number of benzene rings is 6. The van der Waals surface area contributed by atoms with Crippen LogP contribution in [-0.2, 0) is 0 Å². The van der Waals surface area contributed by atoms with Crippen LogP contribution in [0.25, 0.3) is 33.7 Å². The van der Waals surface area contributed by atoms with Crippen molar-refractivity contribution in [1.82, 2.24) is 0 Å². The Morgan fingerprint density at radius 3 is 1.65 bits per heavy atom. The van der Waals surface area contributed by atoms with Gasteiger partial charge < -0.3 is 9.64 Å². The van der Waals surface area contributed by atoms with Gasteiger partial charge in [-0.05, 0) is 99.4 Å². The molecule has 0 amide bonds. The molecule has 6 aromatic carbocycles. The van der Waals surface area contributed by atoms with Gasteiger partial charge in [0.2, 0.25) is 0 Å². The maximum absolute atomic E-state index is 5.36. The van der Waals surface area contributed by atoms with E-state index in [4.69, 9.17) is 4.74 Å². The molecule has 2 nitrogen and oxygen atoms in total. The lowest BCUT2D eigenvalue weighted by Crippen LogP contribution is -2.09. The molecule has 0 fully saturated rings. The molecule has 0 aromatic heterocycles. The molecule has 0 radical (unpaired) electrons. The smallest absolute Gasteiger partial charge is 0.119 e. The molecule has 0 aliphatic heterocycles. The van der Waals surface area contributed by atoms with Gasteiger partial charge in [0.1, 0.15) is 5.75 Å². The minimum Gasteiger partial charge on any atom is -0.497 e. The zero-order valence-corrected chi connectivity index (χ0v) is 20.7. The van der Waals surface area contributed by atoms with E-state index in [1.54, 1.807) is 7.11 Å². The third-order valence-electron chi connectivity index (χ3n) is 6.69. The molecule has 0 saturated carbocycles. The summed E-state index contributed by atoms with van der Waals surface area (Å²) in [6, 6.07) is 47.0. The van der Waals surface area contributed by atoms with Crippen LogP contribution >= 0.6 is 0 Å². The fraction of sp³-hybridized carbons (Fsp3) is 0.0286. The van der Waals surface area contributed by atoms with Gasteiger partial charge in [0, 0.05) is 17.1 Å². The van der Waals surface area contributed by atoms with Crippen molar-refractivity contribution in [3.63, 3.8) is 0 Å². The number of hydrogen-bond acceptors (Lipinski definition) is 2. The molecule has 0 bridgehead atoms. The van der Waals surface area contributed by atoms with Gasteiger partial charge in [-0.3, -0.25) is 0 Å². The number of hydrogen-bond donors (Lipinski definition) is 0. The molecule has 6 aromatic rings. The van der Waals surface area contributed by atoms with Crippen LogP contribution < -0.4 is 9.64 Å². The summed E-state index contributed by atoms with van der Waals surface area (Å²) in [4.78, 5) is 2.25. The molecule has 0 unspecified atom stereocenters. The lowest BCUT2D eigenvalue weighted by molar-refractivity contribution is 0.415. The van der Waals surface area contributed by atoms with Crippen molar-refractivity contribution in [1.29, 1.82) is 0 Å². The van der Waals surface area contributed by atoms with Crippen LogP contribution in [0.5, 0.6) is 5.75 Å². The van der Waals surface area contributed by atoms with E-state index in [9.17, 15) is 0 Å². The van der Waals surface area contributed by atoms with E-state index in [0.29, 0.717) is 0 Å². The maximum atomic E-state index is 5.36. The van der Waals surface area contributed by atoms with Crippen LogP contribution in [-0.4, -0.2) is 7.11 Å². The molecule has 0 atom stereocenters. The van der Waals surface area contributed by atoms with Crippen LogP contribution in [0.2, 0.25) is 0 Å². The Morgan fingerprint density at radius 2 is 0.973 bits per heavy atom. The predicted molar refractivity (Wildman–Crippen MR) is 158 cm³/mol. The van der Waals surface area contributed by atoms with E-state index in [0.717, 1.165) is 28.4 Å². The number of anilines is 3. The Kier molecular flexibility index (Phi) is 6.14. The highest BCUT2D eigenvalue weighted by Gasteiger charge is 2.12. The first-order valence-corrected chi connectivity index (χ1v) is 12.5. The first-order chi connectivity index (χ1) is 18.3. The van der Waals surface area contributed by atoms with E-state index >= 15 is 0 Å². The van der Waals surface area contributed by atoms with E-state index < -0.39 is 0 Å². The standard InChI is InChI=1S/C35H27NO/c1-37-35-21-19-34(20-22-35)36(32-9-3-2-4-10-32)33-17-14-26(15-18-33)11-12-27-13-16-30-24-28-7-5-6-8-29(28)25-31(30)23-27/h2-25H,1H3. The molecular formula is C35H27NO. The Morgan fingerprint density at radius 1 is 0.459 bits per heavy atom. The molecule has 0 heterocycles. The van der Waals surface area contributed by atoms with Gasteiger partial charge in [-0.25, -0.2) is 0 Å². The maximum Gasteiger partial charge on any atom is 0.119 e. The predicted octanol–water partition coefficient (Wildman–Crippen LogP) is 9.64. The Balaban J connectivity index is 1.28. The second kappa shape index (κ2) is 10.0. The number of ether oxygens (including phenoxy) is 1. The number of fused-ring (bicyclic) bond motifs is 2. The normalized spacial score (nSPS) is 11.3. The molecule has 37 heavy (non-hydrogen) atoms. The summed E-state index contributed by atoms with van der Waals surface area (Å²) in [6.07, 6.45) is 4.36. The first-order valence-electron chi connectivity index (χ1n) is 12.5. The summed E-state index contributed by atoms with van der Waals surface area (Å²) in [6.45, 7) is 0. The van der Waals surface area contributed by atoms with Gasteiger partial charge in [-0.15, -0.1) is 0 Å². The largest absolute Gasteiger partial charge is 0.497 e. The topological polar surface area (TPSA) is 12.5 Å². The van der Waals surface area contributed by atoms with Crippen molar-refractivity contribution in [3.05, 3.63) is 145 Å². The molecule has 0 spiro atoms. The molecule has 0 aliphatic carbocycles. The minimum absolute atomic E-state index is 0.846. The lowest BCUT2D eigenvalue weighted by Gasteiger charge is -2.25. The van der Waals surface area contributed by atoms with Gasteiger partial charge in [0.05, 0.1) is 7.11 Å². The van der Waals surface area contributed by atoms with Crippen molar-refractivity contribution < 1.29 is 4.74 Å². The lowest BCUT2D eigenvalue weighted by atomic mass is 10.0. The number of para-hydroxylation sites is 1. The molecule has 0 saturated heterocycles. The molecular weight excluding hydrogens is 450 g/mol. The highest BCUT2D eigenvalue weighted by atomic mass is 16.5. The summed E-state index contributed by atoms with van der Waals surface area (Å²) < 4.78 is 5.36. The quantitative estimate of drug-likeness (QED) is 0.175. The molecule has 0 aliphatic rings. The second-order valence-electron chi connectivity index (χ2n) is 9.10. The van der Waals surface area contributed by atoms with E-state index in [2.05, 4.69) is 132 Å². The van der Waals surface area contributed by atoms with Crippen LogP contribution in [0.1, 0.15) is 11.1 Å². The van der Waals surface area contributed by atoms with Crippen molar-refractivity contribution in [3.8, 4) is 5.75 Å². The number of nitrogens with zero attached hydrogens (tertiary/aromatic N) is 1. The van der Waals surface area contributed by atoms with Crippen LogP contribution in [0.3, 0.4) is 0 Å². The van der Waals surface area contributed by atoms with Gasteiger partial charge >= 0.3 is 0 Å². The van der Waals surface area contributed by atoms with Crippen molar-refractivity contribution in [2.45, 2.75) is 0 Å². The third kappa shape index (κ3) is 4.82. The molecule has 0 N–H and O–H groups in total. The molecule has 178 valence electrons. The average molecular weight is 478 g/mol. The first kappa shape index (κ1) is 22.6. The van der Waals surface area contributed by atoms with Gasteiger partial charge in [-0.2, -0.15) is 0 Å². The van der Waals surface area contributed by atoms with Crippen LogP contribution in [0, 0.1) is 0 Å². The van der Waals surface area contributed by atoms with E-state index in [1.807, 2.05) is 18.2 Å². The zero-order chi connectivity index (χ0) is 25.0. The minimum atomic E-state index is 0.846. The Labute approximate surface area is 217 Å². The highest BCUT2D eigenvalue weighted by molar-refractivity contribution is 5.99. The monoisotopic (exact) mass is 477 g/mol. The van der Waals surface area contributed by atoms with E-state index in [1.165, 1.54) is 27.1 Å². The summed E-state index contributed by atoms with van der Waals surface area (Å²) in [5, 5.41) is 5.07. The van der Waals surface area contributed by atoms with Crippen LogP contribution in [0.15, 0.2) is 133 Å². The summed E-state index contributed by atoms with van der Waals surface area (Å²) in [5.74, 6) is 0.846. The van der Waals surface area contributed by atoms with Gasteiger partial charge in [-0.1, -0.05) is 78.9 Å². The van der Waals surface area contributed by atoms with Gasteiger partial charge in [0.15, 0.2) is 0 Å². The van der Waals surface area contributed by atoms with Crippen molar-refractivity contribution >= 4 is 50.8 Å². The fourth-order valence-electron chi connectivity index (χ4n) is 4.74. The summed E-state index contributed by atoms with van der Waals surface area (Å²) in [7, 11) is 1.69. The van der Waals surface area contributed by atoms with Crippen molar-refractivity contribution in [2.75, 3.05) is 12.0 Å². The van der Waals surface area contributed by atoms with Crippen LogP contribution in [0.4, 0.5) is 17.1 Å². The number of rotatable bonds is 6. The third-order valence-corrected chi connectivity index (χ3v) is 6.69. The summed E-state index contributed by atoms with van der Waals surface area (Å²) >= 11 is 0. The molecule has 6 rings (SSSR count). The second-order valence-corrected chi connectivity index (χ2v) is 9.10. The number of methoxy groups -OCH3 is 1. The molecule has 2 heteroatoms.